The van der Waals surface area contributed by atoms with E-state index in [4.69, 9.17) is 23.2 Å². The van der Waals surface area contributed by atoms with Crippen LogP contribution in [0.4, 0.5) is 0 Å². The first-order valence-corrected chi connectivity index (χ1v) is 7.98. The van der Waals surface area contributed by atoms with Crippen molar-refractivity contribution in [3.05, 3.63) is 68.1 Å². The number of halogens is 3. The van der Waals surface area contributed by atoms with Gasteiger partial charge in [-0.3, -0.25) is 0 Å². The van der Waals surface area contributed by atoms with E-state index in [1.807, 2.05) is 36.4 Å². The molecule has 2 rings (SSSR count). The van der Waals surface area contributed by atoms with Gasteiger partial charge >= 0.3 is 0 Å². The fourth-order valence-corrected chi connectivity index (χ4v) is 3.46. The molecule has 112 valence electrons. The molecule has 0 radical (unpaired) electrons. The van der Waals surface area contributed by atoms with Crippen molar-refractivity contribution in [2.45, 2.75) is 11.8 Å². The first-order valence-electron chi connectivity index (χ1n) is 6.43. The molecule has 0 heterocycles. The highest BCUT2D eigenvalue weighted by atomic mass is 79.9. The molecule has 0 unspecified atom stereocenters. The highest BCUT2D eigenvalue weighted by molar-refractivity contribution is 9.10. The van der Waals surface area contributed by atoms with Crippen LogP contribution in [0.25, 0.3) is 0 Å². The molecular formula is C16H15BrCl2O2. The molecule has 2 aromatic rings. The molecule has 5 heteroatoms. The van der Waals surface area contributed by atoms with E-state index in [9.17, 15) is 10.2 Å². The Bertz CT molecular complexity index is 627. The van der Waals surface area contributed by atoms with Crippen LogP contribution in [0.15, 0.2) is 46.9 Å². The van der Waals surface area contributed by atoms with E-state index < -0.39 is 5.41 Å². The van der Waals surface area contributed by atoms with Crippen LogP contribution in [-0.4, -0.2) is 23.4 Å². The fourth-order valence-electron chi connectivity index (χ4n) is 2.37. The van der Waals surface area contributed by atoms with E-state index in [1.165, 1.54) is 0 Å². The van der Waals surface area contributed by atoms with E-state index in [-0.39, 0.29) is 13.2 Å². The standard InChI is InChI=1S/C16H15BrCl2O2/c17-13-6-2-1-5-12(13)16(9-20,10-21)8-11-4-3-7-14(18)15(11)19/h1-7,20-21H,8-10H2. The summed E-state index contributed by atoms with van der Waals surface area (Å²) in [4.78, 5) is 0. The van der Waals surface area contributed by atoms with E-state index in [2.05, 4.69) is 15.9 Å². The van der Waals surface area contributed by atoms with Gasteiger partial charge in [0.05, 0.1) is 23.3 Å². The Balaban J connectivity index is 2.49. The Kier molecular flexibility index (Phi) is 5.69. The molecule has 21 heavy (non-hydrogen) atoms. The van der Waals surface area contributed by atoms with Gasteiger partial charge in [-0.2, -0.15) is 0 Å². The van der Waals surface area contributed by atoms with Crippen LogP contribution >= 0.6 is 39.1 Å². The molecule has 2 aromatic carbocycles. The molecule has 0 aliphatic rings. The Morgan fingerprint density at radius 3 is 2.24 bits per heavy atom. The smallest absolute Gasteiger partial charge is 0.0624 e. The second-order valence-electron chi connectivity index (χ2n) is 4.97. The van der Waals surface area contributed by atoms with Gasteiger partial charge in [-0.25, -0.2) is 0 Å². The number of benzene rings is 2. The summed E-state index contributed by atoms with van der Waals surface area (Å²) in [6.07, 6.45) is 0.391. The molecule has 0 atom stereocenters. The van der Waals surface area contributed by atoms with Crippen LogP contribution in [0.1, 0.15) is 11.1 Å². The Hall–Kier alpha value is -0.580. The molecule has 0 bridgehead atoms. The lowest BCUT2D eigenvalue weighted by atomic mass is 9.77. The molecule has 0 spiro atoms. The normalized spacial score (nSPS) is 11.7. The van der Waals surface area contributed by atoms with E-state index in [0.29, 0.717) is 16.5 Å². The Morgan fingerprint density at radius 2 is 1.62 bits per heavy atom. The fraction of sp³-hybridized carbons (Fsp3) is 0.250. The van der Waals surface area contributed by atoms with Crippen molar-refractivity contribution in [3.8, 4) is 0 Å². The van der Waals surface area contributed by atoms with Crippen LogP contribution in [0.3, 0.4) is 0 Å². The Morgan fingerprint density at radius 1 is 0.952 bits per heavy atom. The van der Waals surface area contributed by atoms with Crippen molar-refractivity contribution >= 4 is 39.1 Å². The third kappa shape index (κ3) is 3.43. The Labute approximate surface area is 142 Å². The van der Waals surface area contributed by atoms with Crippen molar-refractivity contribution in [1.82, 2.24) is 0 Å². The summed E-state index contributed by atoms with van der Waals surface area (Å²) in [5, 5.41) is 20.8. The van der Waals surface area contributed by atoms with Crippen LogP contribution in [-0.2, 0) is 11.8 Å². The molecule has 0 fully saturated rings. The van der Waals surface area contributed by atoms with E-state index >= 15 is 0 Å². The number of aliphatic hydroxyl groups excluding tert-OH is 2. The molecule has 2 nitrogen and oxygen atoms in total. The number of aliphatic hydroxyl groups is 2. The first kappa shape index (κ1) is 16.8. The maximum Gasteiger partial charge on any atom is 0.0624 e. The lowest BCUT2D eigenvalue weighted by molar-refractivity contribution is 0.116. The van der Waals surface area contributed by atoms with Gasteiger partial charge in [-0.1, -0.05) is 69.5 Å². The topological polar surface area (TPSA) is 40.5 Å². The summed E-state index contributed by atoms with van der Waals surface area (Å²) >= 11 is 15.8. The van der Waals surface area contributed by atoms with Gasteiger partial charge in [0.15, 0.2) is 0 Å². The summed E-state index contributed by atoms with van der Waals surface area (Å²) in [6, 6.07) is 12.9. The molecule has 0 aliphatic heterocycles. The monoisotopic (exact) mass is 388 g/mol. The quantitative estimate of drug-likeness (QED) is 0.803. The second kappa shape index (κ2) is 7.12. The van der Waals surface area contributed by atoms with E-state index in [1.54, 1.807) is 6.07 Å². The minimum Gasteiger partial charge on any atom is -0.395 e. The van der Waals surface area contributed by atoms with Gasteiger partial charge in [0, 0.05) is 9.89 Å². The van der Waals surface area contributed by atoms with Crippen molar-refractivity contribution in [2.75, 3.05) is 13.2 Å². The minimum absolute atomic E-state index is 0.199. The van der Waals surface area contributed by atoms with Crippen LogP contribution in [0.2, 0.25) is 10.0 Å². The van der Waals surface area contributed by atoms with Crippen molar-refractivity contribution in [2.24, 2.45) is 0 Å². The summed E-state index contributed by atoms with van der Waals surface area (Å²) in [5.74, 6) is 0. The van der Waals surface area contributed by atoms with Gasteiger partial charge in [0.2, 0.25) is 0 Å². The highest BCUT2D eigenvalue weighted by Crippen LogP contribution is 2.36. The predicted molar refractivity (Wildman–Crippen MR) is 90.2 cm³/mol. The lowest BCUT2D eigenvalue weighted by Gasteiger charge is -2.32. The molecule has 0 saturated carbocycles. The molecule has 0 saturated heterocycles. The van der Waals surface area contributed by atoms with Gasteiger partial charge in [0.1, 0.15) is 0 Å². The molecule has 0 aliphatic carbocycles. The SMILES string of the molecule is OCC(CO)(Cc1cccc(Cl)c1Cl)c1ccccc1Br. The van der Waals surface area contributed by atoms with Crippen molar-refractivity contribution < 1.29 is 10.2 Å². The number of hydrogen-bond acceptors (Lipinski definition) is 2. The van der Waals surface area contributed by atoms with Gasteiger partial charge < -0.3 is 10.2 Å². The summed E-state index contributed by atoms with van der Waals surface area (Å²) in [6.45, 7) is -0.399. The van der Waals surface area contributed by atoms with Gasteiger partial charge in [-0.15, -0.1) is 0 Å². The van der Waals surface area contributed by atoms with Crippen LogP contribution in [0, 0.1) is 0 Å². The molecular weight excluding hydrogens is 375 g/mol. The maximum atomic E-state index is 9.92. The zero-order valence-electron chi connectivity index (χ0n) is 11.2. The van der Waals surface area contributed by atoms with Crippen LogP contribution in [0.5, 0.6) is 0 Å². The average Bonchev–Trinajstić information content (AvgIpc) is 2.50. The number of hydrogen-bond donors (Lipinski definition) is 2. The molecule has 0 amide bonds. The van der Waals surface area contributed by atoms with Crippen LogP contribution < -0.4 is 0 Å². The van der Waals surface area contributed by atoms with Gasteiger partial charge in [0.25, 0.3) is 0 Å². The third-order valence-corrected chi connectivity index (χ3v) is 5.16. The highest BCUT2D eigenvalue weighted by Gasteiger charge is 2.33. The first-order chi connectivity index (χ1) is 10.0. The maximum absolute atomic E-state index is 9.92. The number of rotatable bonds is 5. The zero-order chi connectivity index (χ0) is 15.5. The summed E-state index contributed by atoms with van der Waals surface area (Å²) in [5.41, 5.74) is 0.808. The third-order valence-electron chi connectivity index (χ3n) is 3.61. The summed E-state index contributed by atoms with van der Waals surface area (Å²) in [7, 11) is 0. The second-order valence-corrected chi connectivity index (χ2v) is 6.61. The van der Waals surface area contributed by atoms with Crippen molar-refractivity contribution in [3.63, 3.8) is 0 Å². The summed E-state index contributed by atoms with van der Waals surface area (Å²) < 4.78 is 0.839. The van der Waals surface area contributed by atoms with E-state index in [0.717, 1.165) is 15.6 Å². The molecule has 0 aromatic heterocycles. The van der Waals surface area contributed by atoms with Gasteiger partial charge in [-0.05, 0) is 29.7 Å². The predicted octanol–water partition coefficient (Wildman–Crippen LogP) is 4.22. The lowest BCUT2D eigenvalue weighted by Crippen LogP contribution is -2.37. The minimum atomic E-state index is -0.825. The zero-order valence-corrected chi connectivity index (χ0v) is 14.3. The molecule has 2 N–H and O–H groups in total. The average molecular weight is 390 g/mol. The van der Waals surface area contributed by atoms with Crippen molar-refractivity contribution in [1.29, 1.82) is 0 Å². The largest absolute Gasteiger partial charge is 0.395 e.